The number of methoxy groups -OCH3 is 1. The molecular formula is C26H24N2O5. The number of rotatable bonds is 6. The molecule has 2 aliphatic heterocycles. The number of carbonyl (C=O) groups is 2. The van der Waals surface area contributed by atoms with Crippen LogP contribution in [0.15, 0.2) is 64.3 Å². The quantitative estimate of drug-likeness (QED) is 0.430. The van der Waals surface area contributed by atoms with E-state index in [0.29, 0.717) is 35.2 Å². The third-order valence-electron chi connectivity index (χ3n) is 6.43. The van der Waals surface area contributed by atoms with Gasteiger partial charge in [-0.3, -0.25) is 14.4 Å². The molecule has 2 aromatic carbocycles. The summed E-state index contributed by atoms with van der Waals surface area (Å²) in [6.07, 6.45) is 2.13. The highest BCUT2D eigenvalue weighted by atomic mass is 16.5. The minimum atomic E-state index is -1.59. The van der Waals surface area contributed by atoms with Crippen LogP contribution in [-0.4, -0.2) is 43.5 Å². The maximum absolute atomic E-state index is 14.2. The summed E-state index contributed by atoms with van der Waals surface area (Å²) in [6.45, 7) is 6.56. The Morgan fingerprint density at radius 1 is 1.15 bits per heavy atom. The first-order valence-electron chi connectivity index (χ1n) is 10.9. The topological polar surface area (TPSA) is 80.1 Å². The number of amides is 2. The zero-order valence-electron chi connectivity index (χ0n) is 18.6. The Kier molecular flexibility index (Phi) is 4.94. The number of fused-ring (bicyclic) bond motifs is 5. The summed E-state index contributed by atoms with van der Waals surface area (Å²) >= 11 is 0. The Labute approximate surface area is 190 Å². The van der Waals surface area contributed by atoms with Gasteiger partial charge in [-0.05, 0) is 31.5 Å². The van der Waals surface area contributed by atoms with E-state index in [0.717, 1.165) is 5.56 Å². The third-order valence-corrected chi connectivity index (χ3v) is 6.43. The number of aryl methyl sites for hydroxylation is 1. The number of nitrogens with zero attached hydrogens (tertiary/aromatic N) is 2. The molecule has 0 bridgehead atoms. The van der Waals surface area contributed by atoms with E-state index in [1.807, 2.05) is 37.3 Å². The molecule has 0 N–H and O–H groups in total. The third kappa shape index (κ3) is 2.75. The molecule has 0 radical (unpaired) electrons. The molecule has 168 valence electrons. The van der Waals surface area contributed by atoms with Gasteiger partial charge in [-0.2, -0.15) is 0 Å². The highest BCUT2D eigenvalue weighted by Crippen LogP contribution is 2.52. The molecule has 5 rings (SSSR count). The standard InChI is InChI=1S/C26H24N2O5/c1-4-12-27-19-9-6-5-8-18(19)26(25(27)31)21-22(29)17-15-16(2)10-11-20(17)33-23(21)24(30)28(26)13-7-14-32-3/h4-6,8-11,15H,1,7,12-14H2,2-3H3/t26-/m1/s1. The second kappa shape index (κ2) is 7.71. The lowest BCUT2D eigenvalue weighted by atomic mass is 9.84. The summed E-state index contributed by atoms with van der Waals surface area (Å²) in [6, 6.07) is 12.5. The predicted molar refractivity (Wildman–Crippen MR) is 125 cm³/mol. The second-order valence-electron chi connectivity index (χ2n) is 8.37. The van der Waals surface area contributed by atoms with Gasteiger partial charge in [0.25, 0.3) is 11.8 Å². The van der Waals surface area contributed by atoms with Crippen LogP contribution in [-0.2, 0) is 15.1 Å². The van der Waals surface area contributed by atoms with Crippen molar-refractivity contribution in [3.05, 3.63) is 87.8 Å². The molecule has 7 heteroatoms. The maximum atomic E-state index is 14.2. The molecule has 2 amide bonds. The number of para-hydroxylation sites is 1. The lowest BCUT2D eigenvalue weighted by Gasteiger charge is -2.34. The summed E-state index contributed by atoms with van der Waals surface area (Å²) in [5, 5.41) is 0.354. The molecule has 0 saturated heterocycles. The molecule has 33 heavy (non-hydrogen) atoms. The van der Waals surface area contributed by atoms with Crippen molar-refractivity contribution in [2.75, 3.05) is 31.7 Å². The van der Waals surface area contributed by atoms with Gasteiger partial charge in [0, 0.05) is 32.4 Å². The molecule has 0 saturated carbocycles. The lowest BCUT2D eigenvalue weighted by molar-refractivity contribution is -0.126. The molecule has 7 nitrogen and oxygen atoms in total. The zero-order chi connectivity index (χ0) is 23.3. The first kappa shape index (κ1) is 21.2. The highest BCUT2D eigenvalue weighted by molar-refractivity contribution is 6.17. The van der Waals surface area contributed by atoms with Crippen LogP contribution in [0.3, 0.4) is 0 Å². The summed E-state index contributed by atoms with van der Waals surface area (Å²) in [7, 11) is 1.58. The molecule has 0 unspecified atom stereocenters. The summed E-state index contributed by atoms with van der Waals surface area (Å²) in [5.74, 6) is -0.894. The highest BCUT2D eigenvalue weighted by Gasteiger charge is 2.64. The first-order valence-corrected chi connectivity index (χ1v) is 10.9. The van der Waals surface area contributed by atoms with Gasteiger partial charge in [-0.25, -0.2) is 0 Å². The van der Waals surface area contributed by atoms with Crippen LogP contribution in [0.1, 0.15) is 33.7 Å². The van der Waals surface area contributed by atoms with Gasteiger partial charge in [0.05, 0.1) is 16.6 Å². The van der Waals surface area contributed by atoms with Gasteiger partial charge in [0.2, 0.25) is 5.76 Å². The van der Waals surface area contributed by atoms with Crippen LogP contribution >= 0.6 is 0 Å². The van der Waals surface area contributed by atoms with Gasteiger partial charge >= 0.3 is 0 Å². The monoisotopic (exact) mass is 444 g/mol. The van der Waals surface area contributed by atoms with E-state index in [1.165, 1.54) is 4.90 Å². The molecule has 1 aromatic heterocycles. The lowest BCUT2D eigenvalue weighted by Crippen LogP contribution is -2.53. The van der Waals surface area contributed by atoms with Crippen molar-refractivity contribution in [3.63, 3.8) is 0 Å². The summed E-state index contributed by atoms with van der Waals surface area (Å²) in [4.78, 5) is 44.8. The fraction of sp³-hybridized carbons (Fsp3) is 0.269. The van der Waals surface area contributed by atoms with E-state index in [1.54, 1.807) is 30.2 Å². The fourth-order valence-electron chi connectivity index (χ4n) is 5.08. The van der Waals surface area contributed by atoms with E-state index in [9.17, 15) is 14.4 Å². The maximum Gasteiger partial charge on any atom is 0.291 e. The number of benzene rings is 2. The van der Waals surface area contributed by atoms with E-state index in [-0.39, 0.29) is 35.7 Å². The Bertz CT molecular complexity index is 1370. The Morgan fingerprint density at radius 2 is 1.94 bits per heavy atom. The predicted octanol–water partition coefficient (Wildman–Crippen LogP) is 3.37. The van der Waals surface area contributed by atoms with Crippen molar-refractivity contribution in [3.8, 4) is 0 Å². The van der Waals surface area contributed by atoms with E-state index < -0.39 is 11.4 Å². The van der Waals surface area contributed by atoms with Gasteiger partial charge in [0.1, 0.15) is 5.58 Å². The second-order valence-corrected chi connectivity index (χ2v) is 8.37. The SMILES string of the molecule is C=CCN1C(=O)[C@@]2(c3ccccc31)c1c(oc3ccc(C)cc3c1=O)C(=O)N2CCCOC. The van der Waals surface area contributed by atoms with E-state index >= 15 is 0 Å². The Hall–Kier alpha value is -3.71. The van der Waals surface area contributed by atoms with Gasteiger partial charge < -0.3 is 19.0 Å². The number of hydrogen-bond acceptors (Lipinski definition) is 5. The number of hydrogen-bond donors (Lipinski definition) is 0. The molecule has 0 fully saturated rings. The molecule has 1 spiro atoms. The van der Waals surface area contributed by atoms with Gasteiger partial charge in [0.15, 0.2) is 11.0 Å². The number of ether oxygens (including phenoxy) is 1. The molecule has 3 aromatic rings. The average Bonchev–Trinajstić information content (AvgIpc) is 3.20. The summed E-state index contributed by atoms with van der Waals surface area (Å²) in [5.41, 5.74) is 0.611. The zero-order valence-corrected chi connectivity index (χ0v) is 18.6. The summed E-state index contributed by atoms with van der Waals surface area (Å²) < 4.78 is 11.2. The van der Waals surface area contributed by atoms with Crippen molar-refractivity contribution in [2.45, 2.75) is 18.9 Å². The number of anilines is 1. The molecule has 0 aliphatic carbocycles. The molecule has 2 aliphatic rings. The van der Waals surface area contributed by atoms with Crippen molar-refractivity contribution < 1.29 is 18.7 Å². The Balaban J connectivity index is 1.87. The van der Waals surface area contributed by atoms with E-state index in [4.69, 9.17) is 9.15 Å². The normalized spacial score (nSPS) is 19.0. The average molecular weight is 444 g/mol. The molecule has 1 atom stereocenters. The minimum absolute atomic E-state index is 0.0719. The van der Waals surface area contributed by atoms with Gasteiger partial charge in [-0.15, -0.1) is 6.58 Å². The van der Waals surface area contributed by atoms with Crippen LogP contribution in [0.4, 0.5) is 5.69 Å². The minimum Gasteiger partial charge on any atom is -0.450 e. The van der Waals surface area contributed by atoms with Gasteiger partial charge in [-0.1, -0.05) is 35.9 Å². The van der Waals surface area contributed by atoms with Crippen molar-refractivity contribution >= 4 is 28.5 Å². The van der Waals surface area contributed by atoms with Crippen LogP contribution < -0.4 is 10.3 Å². The van der Waals surface area contributed by atoms with Crippen molar-refractivity contribution in [1.29, 1.82) is 0 Å². The van der Waals surface area contributed by atoms with E-state index in [2.05, 4.69) is 6.58 Å². The van der Waals surface area contributed by atoms with Crippen LogP contribution in [0.5, 0.6) is 0 Å². The Morgan fingerprint density at radius 3 is 2.70 bits per heavy atom. The smallest absolute Gasteiger partial charge is 0.291 e. The van der Waals surface area contributed by atoms with Crippen LogP contribution in [0, 0.1) is 6.92 Å². The van der Waals surface area contributed by atoms with Crippen molar-refractivity contribution in [1.82, 2.24) is 4.90 Å². The number of carbonyl (C=O) groups excluding carboxylic acids is 2. The largest absolute Gasteiger partial charge is 0.450 e. The molecular weight excluding hydrogens is 420 g/mol. The van der Waals surface area contributed by atoms with Crippen LogP contribution in [0.2, 0.25) is 0 Å². The van der Waals surface area contributed by atoms with Crippen LogP contribution in [0.25, 0.3) is 11.0 Å². The van der Waals surface area contributed by atoms with Crippen molar-refractivity contribution in [2.24, 2.45) is 0 Å². The first-order chi connectivity index (χ1) is 16.0. The molecule has 3 heterocycles. The fourth-order valence-corrected chi connectivity index (χ4v) is 5.08.